The van der Waals surface area contributed by atoms with Crippen molar-refractivity contribution < 1.29 is 39.0 Å². The van der Waals surface area contributed by atoms with E-state index in [0.29, 0.717) is 0 Å². The van der Waals surface area contributed by atoms with Gasteiger partial charge in [-0.15, -0.1) is 0 Å². The highest BCUT2D eigenvalue weighted by molar-refractivity contribution is 5.94. The lowest BCUT2D eigenvalue weighted by Gasteiger charge is -2.23. The minimum atomic E-state index is -1.46. The van der Waals surface area contributed by atoms with E-state index in [1.54, 1.807) is 0 Å². The van der Waals surface area contributed by atoms with Crippen LogP contribution in [0.25, 0.3) is 0 Å². The first-order valence-electron chi connectivity index (χ1n) is 9.40. The maximum Gasteiger partial charge on any atom is 0.326 e. The maximum absolute atomic E-state index is 12.5. The molecule has 0 bridgehead atoms. The molecule has 0 rings (SSSR count). The fourth-order valence-corrected chi connectivity index (χ4v) is 2.26. The predicted molar refractivity (Wildman–Crippen MR) is 106 cm³/mol. The van der Waals surface area contributed by atoms with E-state index in [2.05, 4.69) is 16.0 Å². The minimum absolute atomic E-state index is 0.247. The number of amides is 5. The lowest BCUT2D eigenvalue weighted by atomic mass is 10.1. The van der Waals surface area contributed by atoms with Crippen LogP contribution in [-0.4, -0.2) is 76.0 Å². The van der Waals surface area contributed by atoms with Crippen molar-refractivity contribution in [1.82, 2.24) is 16.0 Å². The number of carbonyl (C=O) groups is 6. The van der Waals surface area contributed by atoms with Gasteiger partial charge in [-0.25, -0.2) is 4.79 Å². The van der Waals surface area contributed by atoms with Gasteiger partial charge < -0.3 is 43.4 Å². The van der Waals surface area contributed by atoms with Gasteiger partial charge in [-0.05, 0) is 26.7 Å². The average molecular weight is 446 g/mol. The van der Waals surface area contributed by atoms with Crippen molar-refractivity contribution in [2.75, 3.05) is 0 Å². The van der Waals surface area contributed by atoms with Gasteiger partial charge in [-0.1, -0.05) is 0 Å². The van der Waals surface area contributed by atoms with Gasteiger partial charge in [0.2, 0.25) is 29.5 Å². The molecule has 0 saturated carbocycles. The number of hydrogen-bond acceptors (Lipinski definition) is 8. The second-order valence-corrected chi connectivity index (χ2v) is 6.97. The molecule has 0 spiro atoms. The summed E-state index contributed by atoms with van der Waals surface area (Å²) in [6.45, 7) is 2.58. The molecule has 0 aromatic rings. The highest BCUT2D eigenvalue weighted by Crippen LogP contribution is 2.03. The van der Waals surface area contributed by atoms with E-state index >= 15 is 0 Å². The van der Waals surface area contributed by atoms with Crippen LogP contribution in [0.2, 0.25) is 0 Å². The summed E-state index contributed by atoms with van der Waals surface area (Å²) in [6.07, 6.45) is -2.30. The third kappa shape index (κ3) is 10.9. The molecule has 0 fully saturated rings. The van der Waals surface area contributed by atoms with Gasteiger partial charge in [0.1, 0.15) is 24.2 Å². The summed E-state index contributed by atoms with van der Waals surface area (Å²) in [7, 11) is 0. The monoisotopic (exact) mass is 446 g/mol. The van der Waals surface area contributed by atoms with Gasteiger partial charge in [0.15, 0.2) is 0 Å². The molecule has 31 heavy (non-hydrogen) atoms. The number of aliphatic hydroxyl groups excluding tert-OH is 1. The number of nitrogens with one attached hydrogen (secondary N) is 3. The van der Waals surface area contributed by atoms with Crippen LogP contribution < -0.4 is 33.2 Å². The average Bonchev–Trinajstić information content (AvgIpc) is 2.66. The zero-order valence-electron chi connectivity index (χ0n) is 17.3. The summed E-state index contributed by atoms with van der Waals surface area (Å²) < 4.78 is 0. The molecule has 0 saturated heterocycles. The Kier molecular flexibility index (Phi) is 11.7. The largest absolute Gasteiger partial charge is 0.480 e. The van der Waals surface area contributed by atoms with Crippen molar-refractivity contribution in [3.63, 3.8) is 0 Å². The summed E-state index contributed by atoms with van der Waals surface area (Å²) in [5, 5.41) is 25.2. The van der Waals surface area contributed by atoms with Crippen molar-refractivity contribution in [1.29, 1.82) is 0 Å². The maximum atomic E-state index is 12.5. The second kappa shape index (κ2) is 13.1. The number of carbonyl (C=O) groups excluding carboxylic acids is 5. The Morgan fingerprint density at radius 2 is 1.23 bits per heavy atom. The number of nitrogens with two attached hydrogens (primary N) is 3. The molecule has 5 unspecified atom stereocenters. The highest BCUT2D eigenvalue weighted by atomic mass is 16.4. The van der Waals surface area contributed by atoms with Crippen LogP contribution in [0, 0.1) is 0 Å². The Morgan fingerprint density at radius 3 is 1.65 bits per heavy atom. The number of aliphatic carboxylic acids is 1. The Morgan fingerprint density at radius 1 is 0.774 bits per heavy atom. The number of hydrogen-bond donors (Lipinski definition) is 8. The fraction of sp³-hybridized carbons (Fsp3) is 0.647. The molecule has 176 valence electrons. The lowest BCUT2D eigenvalue weighted by molar-refractivity contribution is -0.142. The van der Waals surface area contributed by atoms with E-state index in [-0.39, 0.29) is 25.7 Å². The molecule has 14 heteroatoms. The minimum Gasteiger partial charge on any atom is -0.480 e. The third-order valence-corrected chi connectivity index (χ3v) is 4.18. The van der Waals surface area contributed by atoms with Crippen LogP contribution in [0.4, 0.5) is 0 Å². The Hall–Kier alpha value is -3.26. The Balaban J connectivity index is 5.22. The molecule has 0 aliphatic heterocycles. The molecule has 0 aliphatic rings. The third-order valence-electron chi connectivity index (χ3n) is 4.18. The van der Waals surface area contributed by atoms with E-state index in [4.69, 9.17) is 17.2 Å². The van der Waals surface area contributed by atoms with Gasteiger partial charge in [0.05, 0.1) is 6.10 Å². The predicted octanol–water partition coefficient (Wildman–Crippen LogP) is -4.22. The van der Waals surface area contributed by atoms with Crippen LogP contribution in [0.5, 0.6) is 0 Å². The van der Waals surface area contributed by atoms with Gasteiger partial charge in [-0.3, -0.25) is 24.0 Å². The van der Waals surface area contributed by atoms with Crippen LogP contribution in [-0.2, 0) is 28.8 Å². The normalized spacial score (nSPS) is 15.5. The first-order chi connectivity index (χ1) is 14.3. The van der Waals surface area contributed by atoms with E-state index in [0.717, 1.165) is 0 Å². The summed E-state index contributed by atoms with van der Waals surface area (Å²) in [5.74, 6) is -5.54. The van der Waals surface area contributed by atoms with Crippen LogP contribution in [0.1, 0.15) is 39.5 Å². The molecule has 11 N–H and O–H groups in total. The summed E-state index contributed by atoms with van der Waals surface area (Å²) in [6, 6.07) is -5.29. The number of carboxylic acids is 1. The van der Waals surface area contributed by atoms with E-state index in [9.17, 15) is 39.0 Å². The SMILES string of the molecule is CC(NC(=O)C(N)C(C)O)C(=O)NC(CCC(N)=O)C(=O)NC(CCC(N)=O)C(=O)O. The van der Waals surface area contributed by atoms with Crippen LogP contribution >= 0.6 is 0 Å². The van der Waals surface area contributed by atoms with Gasteiger partial charge in [0, 0.05) is 12.8 Å². The lowest BCUT2D eigenvalue weighted by Crippen LogP contribution is -2.57. The summed E-state index contributed by atoms with van der Waals surface area (Å²) in [4.78, 5) is 70.0. The highest BCUT2D eigenvalue weighted by Gasteiger charge is 2.29. The molecule has 0 aromatic carbocycles. The van der Waals surface area contributed by atoms with Crippen molar-refractivity contribution in [2.24, 2.45) is 17.2 Å². The zero-order valence-corrected chi connectivity index (χ0v) is 17.3. The molecule has 5 atom stereocenters. The fourth-order valence-electron chi connectivity index (χ4n) is 2.26. The van der Waals surface area contributed by atoms with Crippen molar-refractivity contribution in [2.45, 2.75) is 69.8 Å². The molecule has 0 aliphatic carbocycles. The van der Waals surface area contributed by atoms with Crippen molar-refractivity contribution >= 4 is 35.5 Å². The molecule has 0 aromatic heterocycles. The van der Waals surface area contributed by atoms with Gasteiger partial charge >= 0.3 is 5.97 Å². The molecular weight excluding hydrogens is 416 g/mol. The van der Waals surface area contributed by atoms with Gasteiger partial charge in [-0.2, -0.15) is 0 Å². The number of aliphatic hydroxyl groups is 1. The first kappa shape index (κ1) is 27.7. The smallest absolute Gasteiger partial charge is 0.326 e. The van der Waals surface area contributed by atoms with Crippen LogP contribution in [0.3, 0.4) is 0 Å². The Bertz CT molecular complexity index is 698. The second-order valence-electron chi connectivity index (χ2n) is 6.97. The van der Waals surface area contributed by atoms with E-state index < -0.39 is 65.8 Å². The number of primary amides is 2. The molecule has 0 radical (unpaired) electrons. The van der Waals surface area contributed by atoms with Gasteiger partial charge in [0.25, 0.3) is 0 Å². The van der Waals surface area contributed by atoms with Crippen LogP contribution in [0.15, 0.2) is 0 Å². The van der Waals surface area contributed by atoms with E-state index in [1.165, 1.54) is 13.8 Å². The molecule has 14 nitrogen and oxygen atoms in total. The Labute approximate surface area is 178 Å². The van der Waals surface area contributed by atoms with Crippen molar-refractivity contribution in [3.05, 3.63) is 0 Å². The summed E-state index contributed by atoms with van der Waals surface area (Å²) in [5.41, 5.74) is 15.5. The standard InChI is InChI=1S/C17H30N6O8/c1-7(21-16(29)13(20)8(2)24)14(27)22-9(3-5-11(18)25)15(28)23-10(17(30)31)4-6-12(19)26/h7-10,13,24H,3-6,20H2,1-2H3,(H2,18,25)(H2,19,26)(H,21,29)(H,22,27)(H,23,28)(H,30,31). The summed E-state index contributed by atoms with van der Waals surface area (Å²) >= 11 is 0. The molecule has 5 amide bonds. The molecule has 0 heterocycles. The number of rotatable bonds is 14. The first-order valence-corrected chi connectivity index (χ1v) is 9.40. The van der Waals surface area contributed by atoms with Crippen molar-refractivity contribution in [3.8, 4) is 0 Å². The quantitative estimate of drug-likeness (QED) is 0.128. The number of carboxylic acid groups (broad SMARTS) is 1. The zero-order chi connectivity index (χ0) is 24.3. The molecular formula is C17H30N6O8. The van der Waals surface area contributed by atoms with E-state index in [1.807, 2.05) is 0 Å². The topological polar surface area (TPSA) is 257 Å².